The summed E-state index contributed by atoms with van der Waals surface area (Å²) in [5, 5.41) is 3.08. The number of benzene rings is 2. The summed E-state index contributed by atoms with van der Waals surface area (Å²) in [4.78, 5) is 23.7. The first-order valence-electron chi connectivity index (χ1n) is 7.90. The van der Waals surface area contributed by atoms with Crippen LogP contribution in [0.2, 0.25) is 5.02 Å². The second-order valence-corrected chi connectivity index (χ2v) is 6.95. The zero-order chi connectivity index (χ0) is 18.9. The highest BCUT2D eigenvalue weighted by atomic mass is 35.5. The van der Waals surface area contributed by atoms with E-state index in [4.69, 9.17) is 21.1 Å². The molecule has 0 unspecified atom stereocenters. The van der Waals surface area contributed by atoms with Crippen molar-refractivity contribution in [1.29, 1.82) is 0 Å². The van der Waals surface area contributed by atoms with Crippen molar-refractivity contribution in [3.05, 3.63) is 58.6 Å². The van der Waals surface area contributed by atoms with Gasteiger partial charge in [-0.2, -0.15) is 0 Å². The van der Waals surface area contributed by atoms with E-state index >= 15 is 0 Å². The molecule has 0 heterocycles. The Bertz CT molecular complexity index is 765. The minimum Gasteiger partial charge on any atom is -0.495 e. The minimum atomic E-state index is -0.456. The molecule has 0 saturated carbocycles. The Morgan fingerprint density at radius 3 is 2.58 bits per heavy atom. The van der Waals surface area contributed by atoms with Gasteiger partial charge in [0.1, 0.15) is 5.75 Å². The van der Waals surface area contributed by atoms with Gasteiger partial charge in [-0.15, -0.1) is 11.8 Å². The zero-order valence-corrected chi connectivity index (χ0v) is 16.2. The monoisotopic (exact) mass is 393 g/mol. The van der Waals surface area contributed by atoms with Gasteiger partial charge in [-0.1, -0.05) is 41.4 Å². The Balaban J connectivity index is 1.72. The molecule has 1 amide bonds. The molecule has 0 aliphatic rings. The highest BCUT2D eigenvalue weighted by Gasteiger charge is 2.11. The lowest BCUT2D eigenvalue weighted by atomic mass is 10.2. The predicted molar refractivity (Wildman–Crippen MR) is 105 cm³/mol. The summed E-state index contributed by atoms with van der Waals surface area (Å²) >= 11 is 7.35. The topological polar surface area (TPSA) is 64.6 Å². The van der Waals surface area contributed by atoms with E-state index in [0.717, 1.165) is 5.56 Å². The molecule has 0 aliphatic carbocycles. The van der Waals surface area contributed by atoms with Crippen LogP contribution in [0, 0.1) is 6.92 Å². The second kappa shape index (κ2) is 10.1. The maximum Gasteiger partial charge on any atom is 0.316 e. The third-order valence-electron chi connectivity index (χ3n) is 3.41. The summed E-state index contributed by atoms with van der Waals surface area (Å²) in [5.41, 5.74) is 2.76. The van der Waals surface area contributed by atoms with Crippen molar-refractivity contribution < 1.29 is 19.1 Å². The summed E-state index contributed by atoms with van der Waals surface area (Å²) in [6.07, 6.45) is 0. The van der Waals surface area contributed by atoms with Crippen molar-refractivity contribution in [3.63, 3.8) is 0 Å². The highest BCUT2D eigenvalue weighted by molar-refractivity contribution is 7.99. The van der Waals surface area contributed by atoms with E-state index in [1.807, 2.05) is 31.2 Å². The molecule has 26 heavy (non-hydrogen) atoms. The van der Waals surface area contributed by atoms with Crippen LogP contribution < -0.4 is 10.1 Å². The summed E-state index contributed by atoms with van der Waals surface area (Å²) in [7, 11) is 1.49. The van der Waals surface area contributed by atoms with E-state index in [1.54, 1.807) is 18.2 Å². The molecule has 0 fully saturated rings. The molecule has 5 nitrogen and oxygen atoms in total. The zero-order valence-electron chi connectivity index (χ0n) is 14.6. The van der Waals surface area contributed by atoms with Gasteiger partial charge in [0, 0.05) is 10.8 Å². The standard InChI is InChI=1S/C19H20ClNO4S/c1-13-3-5-14(6-4-13)11-26-12-19(23)25-10-18(22)21-16-9-15(20)7-8-17(16)24-2/h3-9H,10-12H2,1-2H3,(H,21,22). The Morgan fingerprint density at radius 2 is 1.88 bits per heavy atom. The number of hydrogen-bond donors (Lipinski definition) is 1. The highest BCUT2D eigenvalue weighted by Crippen LogP contribution is 2.27. The average molecular weight is 394 g/mol. The quantitative estimate of drug-likeness (QED) is 0.685. The normalized spacial score (nSPS) is 10.3. The first-order valence-corrected chi connectivity index (χ1v) is 9.43. The molecule has 0 aliphatic heterocycles. The number of carbonyl (C=O) groups excluding carboxylic acids is 2. The van der Waals surface area contributed by atoms with Gasteiger partial charge in [0.2, 0.25) is 0 Å². The third kappa shape index (κ3) is 6.61. The van der Waals surface area contributed by atoms with E-state index in [-0.39, 0.29) is 12.4 Å². The van der Waals surface area contributed by atoms with Crippen molar-refractivity contribution in [2.24, 2.45) is 0 Å². The molecule has 0 bridgehead atoms. The number of anilines is 1. The lowest BCUT2D eigenvalue weighted by Crippen LogP contribution is -2.22. The Hall–Kier alpha value is -2.18. The van der Waals surface area contributed by atoms with Crippen LogP contribution in [-0.2, 0) is 20.1 Å². The molecule has 0 atom stereocenters. The van der Waals surface area contributed by atoms with E-state index in [2.05, 4.69) is 5.32 Å². The van der Waals surface area contributed by atoms with Crippen LogP contribution in [0.25, 0.3) is 0 Å². The van der Waals surface area contributed by atoms with Gasteiger partial charge in [-0.3, -0.25) is 9.59 Å². The number of rotatable bonds is 8. The van der Waals surface area contributed by atoms with Crippen LogP contribution in [0.5, 0.6) is 5.75 Å². The maximum atomic E-state index is 11.9. The Morgan fingerprint density at radius 1 is 1.15 bits per heavy atom. The second-order valence-electron chi connectivity index (χ2n) is 5.53. The number of amides is 1. The summed E-state index contributed by atoms with van der Waals surface area (Å²) < 4.78 is 10.1. The fourth-order valence-corrected chi connectivity index (χ4v) is 3.04. The van der Waals surface area contributed by atoms with Gasteiger partial charge in [-0.25, -0.2) is 0 Å². The summed E-state index contributed by atoms with van der Waals surface area (Å²) in [5.74, 6) is 0.476. The van der Waals surface area contributed by atoms with Gasteiger partial charge in [0.25, 0.3) is 5.91 Å². The fourth-order valence-electron chi connectivity index (χ4n) is 2.09. The molecular formula is C19H20ClNO4S. The number of thioether (sulfide) groups is 1. The van der Waals surface area contributed by atoms with Crippen LogP contribution in [0.1, 0.15) is 11.1 Å². The number of ether oxygens (including phenoxy) is 2. The smallest absolute Gasteiger partial charge is 0.316 e. The molecule has 0 radical (unpaired) electrons. The summed E-state index contributed by atoms with van der Waals surface area (Å²) in [6, 6.07) is 13.0. The number of methoxy groups -OCH3 is 1. The van der Waals surface area contributed by atoms with Gasteiger partial charge in [0.05, 0.1) is 18.6 Å². The van der Waals surface area contributed by atoms with Gasteiger partial charge < -0.3 is 14.8 Å². The summed E-state index contributed by atoms with van der Waals surface area (Å²) in [6.45, 7) is 1.66. The first-order chi connectivity index (χ1) is 12.5. The molecule has 2 aromatic carbocycles. The number of aryl methyl sites for hydroxylation is 1. The number of nitrogens with one attached hydrogen (secondary N) is 1. The van der Waals surface area contributed by atoms with Crippen molar-refractivity contribution in [3.8, 4) is 5.75 Å². The number of hydrogen-bond acceptors (Lipinski definition) is 5. The molecule has 7 heteroatoms. The molecule has 0 saturated heterocycles. The van der Waals surface area contributed by atoms with Crippen molar-refractivity contribution in [2.45, 2.75) is 12.7 Å². The van der Waals surface area contributed by atoms with Crippen LogP contribution in [0.15, 0.2) is 42.5 Å². The van der Waals surface area contributed by atoms with Crippen molar-refractivity contribution in [2.75, 3.05) is 24.8 Å². The van der Waals surface area contributed by atoms with Crippen LogP contribution in [0.4, 0.5) is 5.69 Å². The minimum absolute atomic E-state index is 0.182. The van der Waals surface area contributed by atoms with Gasteiger partial charge in [0.15, 0.2) is 6.61 Å². The fraction of sp³-hybridized carbons (Fsp3) is 0.263. The third-order valence-corrected chi connectivity index (χ3v) is 4.62. The Labute approximate surface area is 162 Å². The van der Waals surface area contributed by atoms with E-state index in [9.17, 15) is 9.59 Å². The molecule has 0 aromatic heterocycles. The predicted octanol–water partition coefficient (Wildman–Crippen LogP) is 4.07. The molecule has 0 spiro atoms. The van der Waals surface area contributed by atoms with Crippen LogP contribution in [0.3, 0.4) is 0 Å². The van der Waals surface area contributed by atoms with Gasteiger partial charge in [-0.05, 0) is 30.7 Å². The van der Waals surface area contributed by atoms with E-state index < -0.39 is 11.9 Å². The number of esters is 1. The number of carbonyl (C=O) groups is 2. The van der Waals surface area contributed by atoms with Crippen molar-refractivity contribution >= 4 is 40.9 Å². The molecule has 2 rings (SSSR count). The van der Waals surface area contributed by atoms with Crippen LogP contribution >= 0.6 is 23.4 Å². The van der Waals surface area contributed by atoms with Crippen LogP contribution in [-0.4, -0.2) is 31.3 Å². The van der Waals surface area contributed by atoms with Crippen molar-refractivity contribution in [1.82, 2.24) is 0 Å². The maximum absolute atomic E-state index is 11.9. The van der Waals surface area contributed by atoms with Gasteiger partial charge >= 0.3 is 5.97 Å². The number of halogens is 1. The molecule has 2 aromatic rings. The first kappa shape index (κ1) is 20.1. The molecular weight excluding hydrogens is 374 g/mol. The Kier molecular flexibility index (Phi) is 7.81. The SMILES string of the molecule is COc1ccc(Cl)cc1NC(=O)COC(=O)CSCc1ccc(C)cc1. The molecule has 138 valence electrons. The molecule has 1 N–H and O–H groups in total. The van der Waals surface area contributed by atoms with E-state index in [1.165, 1.54) is 24.4 Å². The lowest BCUT2D eigenvalue weighted by Gasteiger charge is -2.10. The average Bonchev–Trinajstić information content (AvgIpc) is 2.62. The largest absolute Gasteiger partial charge is 0.495 e. The lowest BCUT2D eigenvalue weighted by molar-refractivity contribution is -0.144. The van der Waals surface area contributed by atoms with E-state index in [0.29, 0.717) is 22.2 Å².